The molecule has 0 spiro atoms. The molecule has 0 aliphatic rings. The van der Waals surface area contributed by atoms with E-state index < -0.39 is 16.3 Å². The largest absolute Gasteiger partial charge is 0.493 e. The van der Waals surface area contributed by atoms with Crippen molar-refractivity contribution >= 4 is 15.8 Å². The van der Waals surface area contributed by atoms with Crippen molar-refractivity contribution in [2.75, 3.05) is 39.3 Å². The molecule has 0 saturated carbocycles. The molecule has 3 rings (SSSR count). The molecule has 11 nitrogen and oxygen atoms in total. The van der Waals surface area contributed by atoms with Crippen molar-refractivity contribution in [3.8, 4) is 23.1 Å². The van der Waals surface area contributed by atoms with E-state index in [9.17, 15) is 13.5 Å². The fraction of sp³-hybridized carbons (Fsp3) is 0.385. The van der Waals surface area contributed by atoms with Crippen LogP contribution in [-0.4, -0.2) is 58.0 Å². The van der Waals surface area contributed by atoms with E-state index in [1.807, 2.05) is 20.8 Å². The Kier molecular flexibility index (Phi) is 9.50. The standard InChI is InChI=1S/C26H33N3O8S/c1-26(2,3)17-11-13-18(14-12-17)38(31,32)29-22-21(37-20-10-8-7-9-19(20)33-4)24(36-16-15-30)28-23(27-22)25(34-5)35-6/h7-14,25,30H,15-16H2,1-6H3,(H,27,28,29). The van der Waals surface area contributed by atoms with Crippen LogP contribution in [0.4, 0.5) is 5.82 Å². The zero-order valence-electron chi connectivity index (χ0n) is 22.2. The zero-order chi connectivity index (χ0) is 27.9. The predicted molar refractivity (Wildman–Crippen MR) is 140 cm³/mol. The molecule has 2 N–H and O–H groups in total. The number of hydrogen-bond donors (Lipinski definition) is 2. The predicted octanol–water partition coefficient (Wildman–Crippen LogP) is 4.04. The van der Waals surface area contributed by atoms with Crippen LogP contribution < -0.4 is 18.9 Å². The number of nitrogens with zero attached hydrogens (tertiary/aromatic N) is 2. The van der Waals surface area contributed by atoms with Crippen molar-refractivity contribution < 1.29 is 37.2 Å². The number of aromatic nitrogens is 2. The number of benzene rings is 2. The first-order chi connectivity index (χ1) is 18.0. The van der Waals surface area contributed by atoms with E-state index in [0.29, 0.717) is 5.75 Å². The molecule has 0 amide bonds. The molecule has 0 fully saturated rings. The number of methoxy groups -OCH3 is 3. The van der Waals surface area contributed by atoms with E-state index in [-0.39, 0.29) is 52.5 Å². The summed E-state index contributed by atoms with van der Waals surface area (Å²) in [4.78, 5) is 8.67. The Morgan fingerprint density at radius 1 is 0.947 bits per heavy atom. The highest BCUT2D eigenvalue weighted by Crippen LogP contribution is 2.41. The average Bonchev–Trinajstić information content (AvgIpc) is 2.89. The molecule has 0 aliphatic carbocycles. The van der Waals surface area contributed by atoms with E-state index in [0.717, 1.165) is 5.56 Å². The van der Waals surface area contributed by atoms with E-state index in [4.69, 9.17) is 23.7 Å². The highest BCUT2D eigenvalue weighted by molar-refractivity contribution is 7.92. The van der Waals surface area contributed by atoms with Gasteiger partial charge in [-0.1, -0.05) is 45.0 Å². The van der Waals surface area contributed by atoms with Gasteiger partial charge in [-0.2, -0.15) is 4.98 Å². The summed E-state index contributed by atoms with van der Waals surface area (Å²) in [6.45, 7) is 5.63. The molecule has 3 aromatic rings. The molecule has 0 atom stereocenters. The van der Waals surface area contributed by atoms with Gasteiger partial charge in [-0.15, -0.1) is 0 Å². The topological polar surface area (TPSA) is 138 Å². The van der Waals surface area contributed by atoms with Gasteiger partial charge in [0.2, 0.25) is 12.0 Å². The van der Waals surface area contributed by atoms with Crippen molar-refractivity contribution in [2.45, 2.75) is 37.4 Å². The van der Waals surface area contributed by atoms with Crippen LogP contribution in [0.25, 0.3) is 0 Å². The van der Waals surface area contributed by atoms with Crippen LogP contribution in [0.1, 0.15) is 38.4 Å². The summed E-state index contributed by atoms with van der Waals surface area (Å²) in [6, 6.07) is 13.3. The van der Waals surface area contributed by atoms with Gasteiger partial charge < -0.3 is 28.8 Å². The van der Waals surface area contributed by atoms with Crippen LogP contribution >= 0.6 is 0 Å². The van der Waals surface area contributed by atoms with Gasteiger partial charge in [0, 0.05) is 14.2 Å². The first kappa shape index (κ1) is 29.1. The van der Waals surface area contributed by atoms with Gasteiger partial charge in [-0.05, 0) is 35.2 Å². The SMILES string of the molecule is COc1ccccc1Oc1c(NS(=O)(=O)c2ccc(C(C)(C)C)cc2)nc(C(OC)OC)nc1OCCO. The van der Waals surface area contributed by atoms with Crippen molar-refractivity contribution in [2.24, 2.45) is 0 Å². The molecule has 0 bridgehead atoms. The Hall–Kier alpha value is -3.45. The van der Waals surface area contributed by atoms with Crippen molar-refractivity contribution in [3.05, 3.63) is 59.9 Å². The number of nitrogens with one attached hydrogen (secondary N) is 1. The number of rotatable bonds is 12. The number of sulfonamides is 1. The van der Waals surface area contributed by atoms with Crippen molar-refractivity contribution in [1.82, 2.24) is 9.97 Å². The molecule has 2 aromatic carbocycles. The fourth-order valence-electron chi connectivity index (χ4n) is 3.39. The third kappa shape index (κ3) is 6.90. The van der Waals surface area contributed by atoms with Gasteiger partial charge in [-0.25, -0.2) is 13.4 Å². The normalized spacial score (nSPS) is 11.9. The summed E-state index contributed by atoms with van der Waals surface area (Å²) < 4.78 is 56.9. The Labute approximate surface area is 222 Å². The summed E-state index contributed by atoms with van der Waals surface area (Å²) in [5.41, 5.74) is 0.824. The number of anilines is 1. The quantitative estimate of drug-likeness (QED) is 0.320. The molecule has 0 aliphatic heterocycles. The molecule has 1 heterocycles. The molecule has 0 unspecified atom stereocenters. The number of aliphatic hydroxyl groups excluding tert-OH is 1. The molecule has 12 heteroatoms. The second-order valence-corrected chi connectivity index (χ2v) is 10.8. The van der Waals surface area contributed by atoms with Crippen LogP contribution in [0.15, 0.2) is 53.4 Å². The van der Waals surface area contributed by atoms with E-state index >= 15 is 0 Å². The van der Waals surface area contributed by atoms with Crippen LogP contribution in [0.2, 0.25) is 0 Å². The summed E-state index contributed by atoms with van der Waals surface area (Å²) in [5, 5.41) is 9.36. The van der Waals surface area contributed by atoms with Gasteiger partial charge >= 0.3 is 0 Å². The third-order valence-corrected chi connectivity index (χ3v) is 6.72. The minimum Gasteiger partial charge on any atom is -0.493 e. The number of ether oxygens (including phenoxy) is 5. The number of para-hydroxylation sites is 2. The monoisotopic (exact) mass is 547 g/mol. The highest BCUT2D eigenvalue weighted by Gasteiger charge is 2.27. The lowest BCUT2D eigenvalue weighted by Crippen LogP contribution is -2.19. The highest BCUT2D eigenvalue weighted by atomic mass is 32.2. The van der Waals surface area contributed by atoms with Gasteiger partial charge in [0.05, 0.1) is 18.6 Å². The van der Waals surface area contributed by atoms with Gasteiger partial charge in [0.25, 0.3) is 15.9 Å². The smallest absolute Gasteiger partial charge is 0.263 e. The third-order valence-electron chi connectivity index (χ3n) is 5.36. The lowest BCUT2D eigenvalue weighted by atomic mass is 9.87. The average molecular weight is 548 g/mol. The van der Waals surface area contributed by atoms with Crippen LogP contribution in [-0.2, 0) is 24.9 Å². The van der Waals surface area contributed by atoms with Crippen LogP contribution in [0.3, 0.4) is 0 Å². The molecule has 0 radical (unpaired) electrons. The molecular weight excluding hydrogens is 514 g/mol. The molecule has 206 valence electrons. The zero-order valence-corrected chi connectivity index (χ0v) is 23.0. The summed E-state index contributed by atoms with van der Waals surface area (Å²) >= 11 is 0. The van der Waals surface area contributed by atoms with Gasteiger partial charge in [0.15, 0.2) is 23.1 Å². The first-order valence-electron chi connectivity index (χ1n) is 11.7. The maximum Gasteiger partial charge on any atom is 0.263 e. The summed E-state index contributed by atoms with van der Waals surface area (Å²) in [6.07, 6.45) is -1.04. The molecule has 0 saturated heterocycles. The van der Waals surface area contributed by atoms with E-state index in [2.05, 4.69) is 14.7 Å². The van der Waals surface area contributed by atoms with Gasteiger partial charge in [-0.3, -0.25) is 4.72 Å². The maximum atomic E-state index is 13.4. The number of aliphatic hydroxyl groups is 1. The van der Waals surface area contributed by atoms with E-state index in [1.165, 1.54) is 33.5 Å². The molecule has 1 aromatic heterocycles. The summed E-state index contributed by atoms with van der Waals surface area (Å²) in [5.74, 6) is 0.0828. The fourth-order valence-corrected chi connectivity index (χ4v) is 4.40. The molecule has 38 heavy (non-hydrogen) atoms. The lowest BCUT2D eigenvalue weighted by molar-refractivity contribution is -0.111. The minimum atomic E-state index is -4.14. The Morgan fingerprint density at radius 3 is 2.13 bits per heavy atom. The number of hydrogen-bond acceptors (Lipinski definition) is 10. The van der Waals surface area contributed by atoms with Crippen LogP contribution in [0.5, 0.6) is 23.1 Å². The Bertz CT molecular complexity index is 1320. The molecular formula is C26H33N3O8S. The Morgan fingerprint density at radius 2 is 1.58 bits per heavy atom. The summed E-state index contributed by atoms with van der Waals surface area (Å²) in [7, 11) is 0.0937. The maximum absolute atomic E-state index is 13.4. The van der Waals surface area contributed by atoms with E-state index in [1.54, 1.807) is 36.4 Å². The minimum absolute atomic E-state index is 0.0155. The second kappa shape index (κ2) is 12.4. The second-order valence-electron chi connectivity index (χ2n) is 9.07. The lowest BCUT2D eigenvalue weighted by Gasteiger charge is -2.20. The van der Waals surface area contributed by atoms with Crippen molar-refractivity contribution in [3.63, 3.8) is 0 Å². The Balaban J connectivity index is 2.16. The van der Waals surface area contributed by atoms with Gasteiger partial charge in [0.1, 0.15) is 6.61 Å². The van der Waals surface area contributed by atoms with Crippen LogP contribution in [0, 0.1) is 0 Å². The van der Waals surface area contributed by atoms with Crippen molar-refractivity contribution in [1.29, 1.82) is 0 Å². The first-order valence-corrected chi connectivity index (χ1v) is 13.2.